The van der Waals surface area contributed by atoms with Crippen LogP contribution in [0.25, 0.3) is 11.5 Å². The molecular formula is C17H13NO3. The van der Waals surface area contributed by atoms with Gasteiger partial charge in [0.1, 0.15) is 5.75 Å². The first-order valence-electron chi connectivity index (χ1n) is 6.48. The first-order valence-corrected chi connectivity index (χ1v) is 6.48. The van der Waals surface area contributed by atoms with Gasteiger partial charge in [0.05, 0.1) is 13.3 Å². The van der Waals surface area contributed by atoms with E-state index in [4.69, 9.17) is 9.15 Å². The van der Waals surface area contributed by atoms with Crippen LogP contribution in [-0.4, -0.2) is 17.9 Å². The maximum absolute atomic E-state index is 12.3. The second kappa shape index (κ2) is 5.63. The first-order chi connectivity index (χ1) is 10.3. The van der Waals surface area contributed by atoms with Gasteiger partial charge in [0.2, 0.25) is 11.7 Å². The van der Waals surface area contributed by atoms with Gasteiger partial charge in [0, 0.05) is 11.1 Å². The van der Waals surface area contributed by atoms with Crippen LogP contribution in [0.15, 0.2) is 65.2 Å². The van der Waals surface area contributed by atoms with Crippen molar-refractivity contribution in [2.24, 2.45) is 0 Å². The summed E-state index contributed by atoms with van der Waals surface area (Å²) < 4.78 is 10.6. The Hall–Kier alpha value is -2.88. The van der Waals surface area contributed by atoms with E-state index in [1.165, 1.54) is 6.20 Å². The minimum Gasteiger partial charge on any atom is -0.497 e. The number of benzene rings is 2. The van der Waals surface area contributed by atoms with Crippen LogP contribution < -0.4 is 4.74 Å². The highest BCUT2D eigenvalue weighted by molar-refractivity contribution is 6.07. The van der Waals surface area contributed by atoms with E-state index in [9.17, 15) is 4.79 Å². The quantitative estimate of drug-likeness (QED) is 0.685. The summed E-state index contributed by atoms with van der Waals surface area (Å²) in [6.07, 6.45) is 1.45. The van der Waals surface area contributed by atoms with Gasteiger partial charge in [-0.2, -0.15) is 0 Å². The van der Waals surface area contributed by atoms with Crippen molar-refractivity contribution < 1.29 is 13.9 Å². The highest BCUT2D eigenvalue weighted by atomic mass is 16.5. The molecule has 0 saturated carbocycles. The fourth-order valence-corrected chi connectivity index (χ4v) is 1.98. The SMILES string of the molecule is COc1ccc(C(=O)c2cnc(-c3ccccc3)o2)cc1. The van der Waals surface area contributed by atoms with Crippen molar-refractivity contribution in [2.75, 3.05) is 7.11 Å². The van der Waals surface area contributed by atoms with E-state index in [-0.39, 0.29) is 11.5 Å². The number of rotatable bonds is 4. The number of nitrogens with zero attached hydrogens (tertiary/aromatic N) is 1. The molecular weight excluding hydrogens is 266 g/mol. The number of carbonyl (C=O) groups excluding carboxylic acids is 1. The predicted molar refractivity (Wildman–Crippen MR) is 78.4 cm³/mol. The lowest BCUT2D eigenvalue weighted by Crippen LogP contribution is -1.99. The van der Waals surface area contributed by atoms with E-state index in [1.54, 1.807) is 31.4 Å². The van der Waals surface area contributed by atoms with E-state index in [0.717, 1.165) is 5.56 Å². The molecule has 0 amide bonds. The van der Waals surface area contributed by atoms with Crippen LogP contribution in [0.3, 0.4) is 0 Å². The number of carbonyl (C=O) groups is 1. The van der Waals surface area contributed by atoms with Crippen molar-refractivity contribution in [1.29, 1.82) is 0 Å². The molecule has 0 aliphatic heterocycles. The van der Waals surface area contributed by atoms with Gasteiger partial charge >= 0.3 is 0 Å². The Balaban J connectivity index is 1.87. The lowest BCUT2D eigenvalue weighted by atomic mass is 10.1. The summed E-state index contributed by atoms with van der Waals surface area (Å²) in [4.78, 5) is 16.5. The Kier molecular flexibility index (Phi) is 3.51. The Labute approximate surface area is 122 Å². The van der Waals surface area contributed by atoms with Gasteiger partial charge in [-0.1, -0.05) is 18.2 Å². The molecule has 0 radical (unpaired) electrons. The highest BCUT2D eigenvalue weighted by Gasteiger charge is 2.15. The van der Waals surface area contributed by atoms with Gasteiger partial charge in [-0.3, -0.25) is 4.79 Å². The molecule has 0 spiro atoms. The predicted octanol–water partition coefficient (Wildman–Crippen LogP) is 3.58. The molecule has 0 unspecified atom stereocenters. The summed E-state index contributed by atoms with van der Waals surface area (Å²) in [6, 6.07) is 16.3. The molecule has 21 heavy (non-hydrogen) atoms. The van der Waals surface area contributed by atoms with Crippen molar-refractivity contribution in [3.8, 4) is 17.2 Å². The first kappa shape index (κ1) is 13.1. The third kappa shape index (κ3) is 2.69. The maximum atomic E-state index is 12.3. The van der Waals surface area contributed by atoms with Crippen molar-refractivity contribution in [2.45, 2.75) is 0 Å². The van der Waals surface area contributed by atoms with Crippen LogP contribution in [0.5, 0.6) is 5.75 Å². The average molecular weight is 279 g/mol. The summed E-state index contributed by atoms with van der Waals surface area (Å²) in [5.74, 6) is 1.16. The van der Waals surface area contributed by atoms with Crippen molar-refractivity contribution in [3.63, 3.8) is 0 Å². The molecule has 0 atom stereocenters. The number of aromatic nitrogens is 1. The molecule has 0 bridgehead atoms. The minimum absolute atomic E-state index is 0.202. The van der Waals surface area contributed by atoms with Gasteiger partial charge in [-0.25, -0.2) is 4.98 Å². The molecule has 0 aliphatic carbocycles. The van der Waals surface area contributed by atoms with Gasteiger partial charge in [0.25, 0.3) is 0 Å². The van der Waals surface area contributed by atoms with E-state index in [0.29, 0.717) is 17.2 Å². The third-order valence-electron chi connectivity index (χ3n) is 3.10. The van der Waals surface area contributed by atoms with Crippen LogP contribution in [0.4, 0.5) is 0 Å². The molecule has 3 aromatic rings. The van der Waals surface area contributed by atoms with E-state index < -0.39 is 0 Å². The molecule has 4 nitrogen and oxygen atoms in total. The monoisotopic (exact) mass is 279 g/mol. The van der Waals surface area contributed by atoms with E-state index in [1.807, 2.05) is 30.3 Å². The lowest BCUT2D eigenvalue weighted by molar-refractivity contribution is 0.101. The van der Waals surface area contributed by atoms with Gasteiger partial charge in [-0.15, -0.1) is 0 Å². The van der Waals surface area contributed by atoms with Gasteiger partial charge < -0.3 is 9.15 Å². The van der Waals surface area contributed by atoms with E-state index in [2.05, 4.69) is 4.98 Å². The second-order valence-electron chi connectivity index (χ2n) is 4.45. The number of ketones is 1. The van der Waals surface area contributed by atoms with Crippen molar-refractivity contribution >= 4 is 5.78 Å². The molecule has 1 heterocycles. The standard InChI is InChI=1S/C17H13NO3/c1-20-14-9-7-12(8-10-14)16(19)15-11-18-17(21-15)13-5-3-2-4-6-13/h2-11H,1H3. The van der Waals surface area contributed by atoms with Crippen molar-refractivity contribution in [3.05, 3.63) is 72.1 Å². The summed E-state index contributed by atoms with van der Waals surface area (Å²) >= 11 is 0. The van der Waals surface area contributed by atoms with Crippen LogP contribution >= 0.6 is 0 Å². The maximum Gasteiger partial charge on any atom is 0.229 e. The fraction of sp³-hybridized carbons (Fsp3) is 0.0588. The van der Waals surface area contributed by atoms with Crippen LogP contribution in [0, 0.1) is 0 Å². The number of ether oxygens (including phenoxy) is 1. The topological polar surface area (TPSA) is 52.3 Å². The van der Waals surface area contributed by atoms with Gasteiger partial charge in [0.15, 0.2) is 5.76 Å². The minimum atomic E-state index is -0.202. The molecule has 0 saturated heterocycles. The molecule has 0 N–H and O–H groups in total. The largest absolute Gasteiger partial charge is 0.497 e. The molecule has 3 rings (SSSR count). The molecule has 0 fully saturated rings. The average Bonchev–Trinajstić information content (AvgIpc) is 3.05. The summed E-state index contributed by atoms with van der Waals surface area (Å²) in [7, 11) is 1.58. The molecule has 4 heteroatoms. The van der Waals surface area contributed by atoms with E-state index >= 15 is 0 Å². The Bertz CT molecular complexity index is 745. The fourth-order valence-electron chi connectivity index (χ4n) is 1.98. The van der Waals surface area contributed by atoms with Crippen LogP contribution in [0.1, 0.15) is 16.1 Å². The summed E-state index contributed by atoms with van der Waals surface area (Å²) in [5.41, 5.74) is 1.37. The zero-order valence-electron chi connectivity index (χ0n) is 11.4. The molecule has 2 aromatic carbocycles. The zero-order valence-corrected chi connectivity index (χ0v) is 11.4. The van der Waals surface area contributed by atoms with Gasteiger partial charge in [-0.05, 0) is 36.4 Å². The summed E-state index contributed by atoms with van der Waals surface area (Å²) in [5, 5.41) is 0. The number of methoxy groups -OCH3 is 1. The lowest BCUT2D eigenvalue weighted by Gasteiger charge is -2.00. The molecule has 0 aliphatic rings. The number of hydrogen-bond acceptors (Lipinski definition) is 4. The molecule has 1 aromatic heterocycles. The zero-order chi connectivity index (χ0) is 14.7. The Morgan fingerprint density at radius 2 is 1.76 bits per heavy atom. The summed E-state index contributed by atoms with van der Waals surface area (Å²) in [6.45, 7) is 0. The number of oxazole rings is 1. The third-order valence-corrected chi connectivity index (χ3v) is 3.10. The Morgan fingerprint density at radius 1 is 1.05 bits per heavy atom. The highest BCUT2D eigenvalue weighted by Crippen LogP contribution is 2.21. The Morgan fingerprint density at radius 3 is 2.43 bits per heavy atom. The van der Waals surface area contributed by atoms with Crippen molar-refractivity contribution in [1.82, 2.24) is 4.98 Å². The smallest absolute Gasteiger partial charge is 0.229 e. The van der Waals surface area contributed by atoms with Crippen LogP contribution in [-0.2, 0) is 0 Å². The normalized spacial score (nSPS) is 10.3. The van der Waals surface area contributed by atoms with Crippen LogP contribution in [0.2, 0.25) is 0 Å². The number of hydrogen-bond donors (Lipinski definition) is 0. The molecule has 104 valence electrons. The second-order valence-corrected chi connectivity index (χ2v) is 4.45.